The molecule has 0 bridgehead atoms. The van der Waals surface area contributed by atoms with Crippen LogP contribution in [-0.2, 0) is 0 Å². The Hall–Kier alpha value is -2.84. The minimum atomic E-state index is -0.423. The van der Waals surface area contributed by atoms with Crippen LogP contribution in [0.1, 0.15) is 35.9 Å². The molecule has 0 aliphatic rings. The highest BCUT2D eigenvalue weighted by Gasteiger charge is 2.20. The van der Waals surface area contributed by atoms with Crippen molar-refractivity contribution in [3.8, 4) is 17.1 Å². The number of hydrogen-bond donors (Lipinski definition) is 1. The van der Waals surface area contributed by atoms with E-state index in [1.807, 2.05) is 42.5 Å². The second kappa shape index (κ2) is 9.34. The van der Waals surface area contributed by atoms with Gasteiger partial charge in [-0.2, -0.15) is 0 Å². The van der Waals surface area contributed by atoms with E-state index in [1.54, 1.807) is 16.8 Å². The van der Waals surface area contributed by atoms with E-state index < -0.39 is 5.91 Å². The first kappa shape index (κ1) is 22.4. The smallest absolute Gasteiger partial charge is 0.295 e. The van der Waals surface area contributed by atoms with Crippen LogP contribution in [0.15, 0.2) is 75.7 Å². The number of carbonyl (C=O) groups excluding carboxylic acids is 1. The van der Waals surface area contributed by atoms with Crippen LogP contribution in [0.5, 0.6) is 0 Å². The molecule has 3 aromatic carbocycles. The summed E-state index contributed by atoms with van der Waals surface area (Å²) in [7, 11) is 0. The second-order valence-corrected chi connectivity index (χ2v) is 9.33. The molecule has 1 aromatic heterocycles. The molecule has 1 heterocycles. The van der Waals surface area contributed by atoms with E-state index in [2.05, 4.69) is 61.1 Å². The van der Waals surface area contributed by atoms with Gasteiger partial charge in [0, 0.05) is 20.2 Å². The lowest BCUT2D eigenvalue weighted by Crippen LogP contribution is -2.16. The molecular formula is C24H19Br2FN4O. The molecule has 1 amide bonds. The Balaban J connectivity index is 1.75. The lowest BCUT2D eigenvalue weighted by atomic mass is 10.0. The Kier molecular flexibility index (Phi) is 6.53. The largest absolute Gasteiger partial charge is 0.319 e. The summed E-state index contributed by atoms with van der Waals surface area (Å²) in [5.41, 5.74) is 3.08. The number of nitrogens with zero attached hydrogens (tertiary/aromatic N) is 3. The summed E-state index contributed by atoms with van der Waals surface area (Å²) < 4.78 is 16.9. The molecule has 0 spiro atoms. The molecule has 0 atom stereocenters. The van der Waals surface area contributed by atoms with Crippen LogP contribution in [0.4, 0.5) is 10.1 Å². The van der Waals surface area contributed by atoms with Crippen LogP contribution in [0.3, 0.4) is 0 Å². The summed E-state index contributed by atoms with van der Waals surface area (Å²) in [6.07, 6.45) is 0. The first-order valence-corrected chi connectivity index (χ1v) is 11.5. The van der Waals surface area contributed by atoms with E-state index in [9.17, 15) is 9.18 Å². The molecule has 0 fully saturated rings. The first-order chi connectivity index (χ1) is 15.3. The van der Waals surface area contributed by atoms with E-state index in [1.165, 1.54) is 12.1 Å². The average molecular weight is 558 g/mol. The lowest BCUT2D eigenvalue weighted by Gasteiger charge is -2.13. The highest BCUT2D eigenvalue weighted by atomic mass is 79.9. The fourth-order valence-electron chi connectivity index (χ4n) is 3.26. The number of anilines is 1. The third-order valence-electron chi connectivity index (χ3n) is 4.87. The number of rotatable bonds is 5. The van der Waals surface area contributed by atoms with Gasteiger partial charge in [-0.05, 0) is 66.1 Å². The summed E-state index contributed by atoms with van der Waals surface area (Å²) in [6.45, 7) is 4.12. The van der Waals surface area contributed by atoms with Gasteiger partial charge in [-0.25, -0.2) is 14.1 Å². The van der Waals surface area contributed by atoms with E-state index in [4.69, 9.17) is 0 Å². The maximum Gasteiger partial charge on any atom is 0.295 e. The molecule has 5 nitrogen and oxygen atoms in total. The summed E-state index contributed by atoms with van der Waals surface area (Å²) in [5.74, 6) is -0.0632. The fourth-order valence-corrected chi connectivity index (χ4v) is 3.90. The molecule has 0 saturated heterocycles. The fraction of sp³-hybridized carbons (Fsp3) is 0.125. The number of benzene rings is 3. The molecule has 162 valence electrons. The van der Waals surface area contributed by atoms with E-state index >= 15 is 0 Å². The first-order valence-electron chi connectivity index (χ1n) is 9.91. The van der Waals surface area contributed by atoms with Crippen molar-refractivity contribution in [2.24, 2.45) is 0 Å². The number of carbonyl (C=O) groups is 1. The zero-order valence-corrected chi connectivity index (χ0v) is 20.5. The molecule has 32 heavy (non-hydrogen) atoms. The van der Waals surface area contributed by atoms with Crippen LogP contribution < -0.4 is 5.32 Å². The molecule has 0 aliphatic heterocycles. The number of aromatic nitrogens is 3. The van der Waals surface area contributed by atoms with Crippen LogP contribution >= 0.6 is 31.9 Å². The summed E-state index contributed by atoms with van der Waals surface area (Å²) >= 11 is 6.91. The third-order valence-corrected chi connectivity index (χ3v) is 5.89. The van der Waals surface area contributed by atoms with Gasteiger partial charge in [-0.3, -0.25) is 4.79 Å². The third kappa shape index (κ3) is 4.81. The number of nitrogens with one attached hydrogen (secondary N) is 1. The van der Waals surface area contributed by atoms with Gasteiger partial charge in [0.15, 0.2) is 5.82 Å². The van der Waals surface area contributed by atoms with Gasteiger partial charge in [0.1, 0.15) is 5.82 Å². The maximum atomic E-state index is 13.5. The van der Waals surface area contributed by atoms with Crippen LogP contribution in [0, 0.1) is 5.82 Å². The Bertz CT molecular complexity index is 1210. The van der Waals surface area contributed by atoms with Crippen LogP contribution in [-0.4, -0.2) is 20.7 Å². The Morgan fingerprint density at radius 3 is 2.28 bits per heavy atom. The van der Waals surface area contributed by atoms with Crippen molar-refractivity contribution in [1.29, 1.82) is 0 Å². The van der Waals surface area contributed by atoms with Crippen molar-refractivity contribution < 1.29 is 9.18 Å². The molecular weight excluding hydrogens is 539 g/mol. The van der Waals surface area contributed by atoms with Gasteiger partial charge in [-0.1, -0.05) is 57.8 Å². The SMILES string of the molecule is CC(C)c1cc(Br)ccc1NC(=O)c1nc(-c2ccc(Br)cc2)n(-c2ccc(F)cc2)n1. The van der Waals surface area contributed by atoms with Crippen molar-refractivity contribution in [2.45, 2.75) is 19.8 Å². The van der Waals surface area contributed by atoms with Gasteiger partial charge < -0.3 is 5.32 Å². The molecule has 8 heteroatoms. The second-order valence-electron chi connectivity index (χ2n) is 7.49. The Labute approximate surface area is 202 Å². The monoisotopic (exact) mass is 556 g/mol. The molecule has 0 saturated carbocycles. The van der Waals surface area contributed by atoms with Gasteiger partial charge in [-0.15, -0.1) is 5.10 Å². The van der Waals surface area contributed by atoms with Crippen molar-refractivity contribution in [3.05, 3.63) is 92.9 Å². The Morgan fingerprint density at radius 2 is 1.62 bits per heavy atom. The molecule has 4 aromatic rings. The zero-order chi connectivity index (χ0) is 22.8. The molecule has 4 rings (SSSR count). The van der Waals surface area contributed by atoms with Gasteiger partial charge in [0.2, 0.25) is 5.82 Å². The molecule has 1 N–H and O–H groups in total. The van der Waals surface area contributed by atoms with Crippen molar-refractivity contribution in [2.75, 3.05) is 5.32 Å². The van der Waals surface area contributed by atoms with Crippen molar-refractivity contribution in [1.82, 2.24) is 14.8 Å². The normalized spacial score (nSPS) is 11.1. The Morgan fingerprint density at radius 1 is 0.969 bits per heavy atom. The number of hydrogen-bond acceptors (Lipinski definition) is 3. The number of amides is 1. The van der Waals surface area contributed by atoms with Crippen molar-refractivity contribution >= 4 is 43.5 Å². The molecule has 0 radical (unpaired) electrons. The van der Waals surface area contributed by atoms with E-state index in [-0.39, 0.29) is 17.6 Å². The van der Waals surface area contributed by atoms with Gasteiger partial charge >= 0.3 is 0 Å². The van der Waals surface area contributed by atoms with E-state index in [0.29, 0.717) is 17.2 Å². The van der Waals surface area contributed by atoms with Gasteiger partial charge in [0.05, 0.1) is 5.69 Å². The molecule has 0 unspecified atom stereocenters. The average Bonchev–Trinajstić information content (AvgIpc) is 3.21. The van der Waals surface area contributed by atoms with Crippen molar-refractivity contribution in [3.63, 3.8) is 0 Å². The van der Waals surface area contributed by atoms with Crippen LogP contribution in [0.25, 0.3) is 17.1 Å². The highest BCUT2D eigenvalue weighted by molar-refractivity contribution is 9.10. The molecule has 0 aliphatic carbocycles. The van der Waals surface area contributed by atoms with Crippen LogP contribution in [0.2, 0.25) is 0 Å². The summed E-state index contributed by atoms with van der Waals surface area (Å²) in [6, 6.07) is 19.1. The number of halogens is 3. The summed E-state index contributed by atoms with van der Waals surface area (Å²) in [5, 5.41) is 7.38. The predicted molar refractivity (Wildman–Crippen MR) is 131 cm³/mol. The minimum absolute atomic E-state index is 0.0184. The standard InChI is InChI=1S/C24H19Br2FN4O/c1-14(2)20-13-17(26)7-12-21(20)28-24(32)22-29-23(15-3-5-16(25)6-4-15)31(30-22)19-10-8-18(27)9-11-19/h3-14H,1-2H3,(H,28,32). The van der Waals surface area contributed by atoms with Gasteiger partial charge in [0.25, 0.3) is 5.91 Å². The topological polar surface area (TPSA) is 59.8 Å². The predicted octanol–water partition coefficient (Wildman–Crippen LogP) is 6.97. The summed E-state index contributed by atoms with van der Waals surface area (Å²) in [4.78, 5) is 17.6. The highest BCUT2D eigenvalue weighted by Crippen LogP contribution is 2.29. The van der Waals surface area contributed by atoms with E-state index in [0.717, 1.165) is 20.1 Å². The quantitative estimate of drug-likeness (QED) is 0.288. The zero-order valence-electron chi connectivity index (χ0n) is 17.3. The minimum Gasteiger partial charge on any atom is -0.319 e. The lowest BCUT2D eigenvalue weighted by molar-refractivity contribution is 0.101. The maximum absolute atomic E-state index is 13.5.